The first-order valence-electron chi connectivity index (χ1n) is 13.2. The van der Waals surface area contributed by atoms with Gasteiger partial charge in [-0.1, -0.05) is 60.1 Å². The van der Waals surface area contributed by atoms with Crippen LogP contribution in [-0.2, 0) is 23.9 Å². The van der Waals surface area contributed by atoms with Gasteiger partial charge in [-0.3, -0.25) is 10.2 Å². The molecule has 0 bridgehead atoms. The van der Waals surface area contributed by atoms with E-state index >= 15 is 0 Å². The summed E-state index contributed by atoms with van der Waals surface area (Å²) in [5.74, 6) is 0.220. The number of para-hydroxylation sites is 2. The smallest absolute Gasteiger partial charge is 0.203 e. The van der Waals surface area contributed by atoms with Gasteiger partial charge in [0.15, 0.2) is 5.78 Å². The first kappa shape index (κ1) is 26.2. The maximum absolute atomic E-state index is 13.7. The molecule has 194 valence electrons. The predicted octanol–water partition coefficient (Wildman–Crippen LogP) is 5.59. The van der Waals surface area contributed by atoms with E-state index in [1.165, 1.54) is 19.3 Å². The zero-order chi connectivity index (χ0) is 26.3. The van der Waals surface area contributed by atoms with E-state index in [1.54, 1.807) is 0 Å². The highest BCUT2D eigenvalue weighted by Crippen LogP contribution is 2.40. The molecule has 0 saturated carbocycles. The van der Waals surface area contributed by atoms with Crippen LogP contribution >= 0.6 is 0 Å². The third-order valence-corrected chi connectivity index (χ3v) is 7.41. The number of likely N-dealkylation sites (tertiary alicyclic amines) is 1. The van der Waals surface area contributed by atoms with Crippen molar-refractivity contribution >= 4 is 16.8 Å². The molecule has 6 heteroatoms. The number of benzene rings is 2. The fourth-order valence-corrected chi connectivity index (χ4v) is 5.28. The minimum atomic E-state index is -0.307. The normalized spacial score (nSPS) is 15.5. The van der Waals surface area contributed by atoms with E-state index in [0.717, 1.165) is 48.3 Å². The van der Waals surface area contributed by atoms with Gasteiger partial charge in [0.2, 0.25) is 5.62 Å². The van der Waals surface area contributed by atoms with Crippen LogP contribution in [0.2, 0.25) is 0 Å². The highest BCUT2D eigenvalue weighted by Gasteiger charge is 2.28. The van der Waals surface area contributed by atoms with E-state index in [4.69, 9.17) is 5.41 Å². The molecule has 1 aliphatic rings. The van der Waals surface area contributed by atoms with Crippen molar-refractivity contribution in [2.24, 2.45) is 0 Å². The summed E-state index contributed by atoms with van der Waals surface area (Å²) in [5, 5.41) is 20.0. The molecule has 2 N–H and O–H groups in total. The number of Topliss-reactive ketones (excluding diaryl/α,β-unsaturated/α-hetero) is 1. The van der Waals surface area contributed by atoms with Crippen molar-refractivity contribution in [1.29, 1.82) is 5.41 Å². The van der Waals surface area contributed by atoms with Gasteiger partial charge < -0.3 is 19.1 Å². The molecule has 4 rings (SSSR count). The third kappa shape index (κ3) is 5.29. The minimum Gasteiger partial charge on any atom is -0.507 e. The Bertz CT molecular complexity index is 1280. The average Bonchev–Trinajstić information content (AvgIpc) is 3.07. The number of piperidine rings is 1. The van der Waals surface area contributed by atoms with Crippen LogP contribution in [0.1, 0.15) is 82.3 Å². The summed E-state index contributed by atoms with van der Waals surface area (Å²) in [6.45, 7) is 16.3. The van der Waals surface area contributed by atoms with Crippen LogP contribution in [0.5, 0.6) is 5.75 Å². The van der Waals surface area contributed by atoms with Crippen molar-refractivity contribution in [3.05, 3.63) is 58.7 Å². The summed E-state index contributed by atoms with van der Waals surface area (Å²) in [4.78, 5) is 16.2. The molecule has 0 radical (unpaired) electrons. The van der Waals surface area contributed by atoms with Crippen molar-refractivity contribution in [3.8, 4) is 5.75 Å². The van der Waals surface area contributed by atoms with E-state index in [9.17, 15) is 9.90 Å². The van der Waals surface area contributed by atoms with Crippen molar-refractivity contribution in [2.45, 2.75) is 84.7 Å². The summed E-state index contributed by atoms with van der Waals surface area (Å²) < 4.78 is 3.86. The molecule has 1 aliphatic heterocycles. The number of rotatable bonds is 6. The van der Waals surface area contributed by atoms with Gasteiger partial charge in [0, 0.05) is 29.8 Å². The highest BCUT2D eigenvalue weighted by molar-refractivity contribution is 5.97. The standard InChI is InChI=1S/C30H42N4O2/c1-29(2,3)22-18-21(19-23(27(22)36)30(4,5)6)26(35)20-34-25-13-9-8-12-24(25)33(28(34)31)17-16-32-14-10-7-11-15-32/h8-9,12-13,18-19,31,36H,7,10-11,14-17,20H2,1-6H3. The lowest BCUT2D eigenvalue weighted by atomic mass is 9.78. The number of carbonyl (C=O) groups is 1. The zero-order valence-corrected chi connectivity index (χ0v) is 22.8. The Morgan fingerprint density at radius 1 is 0.861 bits per heavy atom. The fraction of sp³-hybridized carbons (Fsp3) is 0.533. The monoisotopic (exact) mass is 490 g/mol. The molecule has 3 aromatic rings. The number of aromatic nitrogens is 2. The predicted molar refractivity (Wildman–Crippen MR) is 146 cm³/mol. The molecule has 1 fully saturated rings. The molecule has 0 unspecified atom stereocenters. The van der Waals surface area contributed by atoms with E-state index in [2.05, 4.69) is 46.4 Å². The Labute approximate surface area is 215 Å². The Balaban J connectivity index is 1.70. The lowest BCUT2D eigenvalue weighted by molar-refractivity contribution is 0.0971. The number of imidazole rings is 1. The maximum atomic E-state index is 13.7. The molecular formula is C30H42N4O2. The molecule has 1 saturated heterocycles. The summed E-state index contributed by atoms with van der Waals surface area (Å²) in [6.07, 6.45) is 3.79. The van der Waals surface area contributed by atoms with Crippen LogP contribution in [0.25, 0.3) is 11.0 Å². The van der Waals surface area contributed by atoms with E-state index < -0.39 is 0 Å². The lowest BCUT2D eigenvalue weighted by Gasteiger charge is -2.28. The second-order valence-corrected chi connectivity index (χ2v) is 12.3. The van der Waals surface area contributed by atoms with Gasteiger partial charge in [-0.2, -0.15) is 0 Å². The van der Waals surface area contributed by atoms with Crippen molar-refractivity contribution in [3.63, 3.8) is 0 Å². The van der Waals surface area contributed by atoms with Crippen molar-refractivity contribution < 1.29 is 9.90 Å². The molecule has 36 heavy (non-hydrogen) atoms. The van der Waals surface area contributed by atoms with E-state index in [0.29, 0.717) is 11.2 Å². The number of fused-ring (bicyclic) bond motifs is 1. The quantitative estimate of drug-likeness (QED) is 0.442. The number of phenolic OH excluding ortho intramolecular Hbond substituents is 1. The highest BCUT2D eigenvalue weighted by atomic mass is 16.3. The van der Waals surface area contributed by atoms with Crippen LogP contribution in [-0.4, -0.2) is 44.6 Å². The first-order chi connectivity index (χ1) is 16.9. The third-order valence-electron chi connectivity index (χ3n) is 7.41. The fourth-order valence-electron chi connectivity index (χ4n) is 5.28. The molecule has 2 heterocycles. The Kier molecular flexibility index (Phi) is 7.20. The molecule has 6 nitrogen and oxygen atoms in total. The Hall–Kier alpha value is -2.86. The first-order valence-corrected chi connectivity index (χ1v) is 13.2. The number of aromatic hydroxyl groups is 1. The van der Waals surface area contributed by atoms with E-state index in [-0.39, 0.29) is 28.9 Å². The van der Waals surface area contributed by atoms with Crippen LogP contribution in [0, 0.1) is 5.41 Å². The van der Waals surface area contributed by atoms with E-state index in [1.807, 2.05) is 45.5 Å². The number of nitrogens with one attached hydrogen (secondary N) is 1. The van der Waals surface area contributed by atoms with Gasteiger partial charge in [-0.25, -0.2) is 0 Å². The molecule has 1 aromatic heterocycles. The SMILES string of the molecule is CC(C)(C)c1cc(C(=O)Cn2c(=N)n(CCN3CCCCC3)c3ccccc32)cc(C(C)(C)C)c1O. The molecule has 0 aliphatic carbocycles. The summed E-state index contributed by atoms with van der Waals surface area (Å²) in [6, 6.07) is 11.7. The maximum Gasteiger partial charge on any atom is 0.203 e. The van der Waals surface area contributed by atoms with Crippen molar-refractivity contribution in [2.75, 3.05) is 19.6 Å². The van der Waals surface area contributed by atoms with Gasteiger partial charge >= 0.3 is 0 Å². The van der Waals surface area contributed by atoms with Gasteiger partial charge in [-0.05, 0) is 61.0 Å². The number of phenols is 1. The molecule has 0 spiro atoms. The number of hydrogen-bond acceptors (Lipinski definition) is 4. The van der Waals surface area contributed by atoms with Crippen LogP contribution in [0.4, 0.5) is 0 Å². The molecule has 0 amide bonds. The molecule has 0 atom stereocenters. The van der Waals surface area contributed by atoms with Crippen molar-refractivity contribution in [1.82, 2.24) is 14.0 Å². The Morgan fingerprint density at radius 2 is 1.39 bits per heavy atom. The van der Waals surface area contributed by atoms with Gasteiger partial charge in [0.25, 0.3) is 0 Å². The number of carbonyl (C=O) groups excluding carboxylic acids is 1. The number of ketones is 1. The summed E-state index contributed by atoms with van der Waals surface area (Å²) >= 11 is 0. The largest absolute Gasteiger partial charge is 0.507 e. The van der Waals surface area contributed by atoms with Gasteiger partial charge in [0.1, 0.15) is 5.75 Å². The van der Waals surface area contributed by atoms with Crippen LogP contribution < -0.4 is 5.62 Å². The second-order valence-electron chi connectivity index (χ2n) is 12.3. The number of hydrogen-bond donors (Lipinski definition) is 2. The van der Waals surface area contributed by atoms with Gasteiger partial charge in [-0.15, -0.1) is 0 Å². The number of nitrogens with zero attached hydrogens (tertiary/aromatic N) is 3. The van der Waals surface area contributed by atoms with Crippen LogP contribution in [0.15, 0.2) is 36.4 Å². The zero-order valence-electron chi connectivity index (χ0n) is 22.8. The summed E-state index contributed by atoms with van der Waals surface area (Å²) in [5.41, 5.74) is 3.77. The summed E-state index contributed by atoms with van der Waals surface area (Å²) in [7, 11) is 0. The molecular weight excluding hydrogens is 448 g/mol. The molecule has 2 aromatic carbocycles. The topological polar surface area (TPSA) is 74.2 Å². The Morgan fingerprint density at radius 3 is 1.92 bits per heavy atom. The second kappa shape index (κ2) is 9.89. The lowest BCUT2D eigenvalue weighted by Crippen LogP contribution is -2.35. The minimum absolute atomic E-state index is 0.0524. The average molecular weight is 491 g/mol. The van der Waals surface area contributed by atoms with Crippen LogP contribution in [0.3, 0.4) is 0 Å². The van der Waals surface area contributed by atoms with Gasteiger partial charge in [0.05, 0.1) is 17.6 Å².